The van der Waals surface area contributed by atoms with Crippen LogP contribution in [0.4, 0.5) is 0 Å². The van der Waals surface area contributed by atoms with E-state index in [0.717, 1.165) is 27.1 Å². The molecule has 0 atom stereocenters. The molecule has 3 rings (SSSR count). The van der Waals surface area contributed by atoms with Crippen LogP contribution >= 0.6 is 23.1 Å². The van der Waals surface area contributed by atoms with Crippen molar-refractivity contribution in [3.63, 3.8) is 0 Å². The average Bonchev–Trinajstić information content (AvgIpc) is 3.02. The Labute approximate surface area is 125 Å². The zero-order chi connectivity index (χ0) is 13.6. The van der Waals surface area contributed by atoms with Crippen molar-refractivity contribution < 1.29 is 0 Å². The molecule has 0 saturated carbocycles. The number of nitrogens with one attached hydrogen (secondary N) is 1. The van der Waals surface area contributed by atoms with E-state index in [1.165, 1.54) is 0 Å². The summed E-state index contributed by atoms with van der Waals surface area (Å²) in [7, 11) is 0. The minimum Gasteiger partial charge on any atom is -0.254 e. The highest BCUT2D eigenvalue weighted by Gasteiger charge is 2.11. The monoisotopic (exact) mass is 300 g/mol. The van der Waals surface area contributed by atoms with E-state index in [4.69, 9.17) is 0 Å². The Morgan fingerprint density at radius 1 is 1.10 bits per heavy atom. The highest BCUT2D eigenvalue weighted by Crippen LogP contribution is 2.14. The lowest BCUT2D eigenvalue weighted by Gasteiger charge is -2.10. The van der Waals surface area contributed by atoms with Crippen molar-refractivity contribution in [2.45, 2.75) is 0 Å². The molecule has 1 aromatic heterocycles. The van der Waals surface area contributed by atoms with E-state index >= 15 is 0 Å². The Hall–Kier alpha value is -1.92. The molecule has 2 aromatic rings. The molecule has 1 aromatic carbocycles. The van der Waals surface area contributed by atoms with Crippen molar-refractivity contribution in [1.29, 1.82) is 0 Å². The number of hydrogen-bond donors (Lipinski definition) is 1. The van der Waals surface area contributed by atoms with Gasteiger partial charge in [0.1, 0.15) is 0 Å². The summed E-state index contributed by atoms with van der Waals surface area (Å²) in [5.41, 5.74) is 5.02. The van der Waals surface area contributed by atoms with Gasteiger partial charge in [0.2, 0.25) is 5.17 Å². The van der Waals surface area contributed by atoms with Gasteiger partial charge in [-0.3, -0.25) is 5.43 Å². The predicted molar refractivity (Wildman–Crippen MR) is 87.9 cm³/mol. The van der Waals surface area contributed by atoms with Crippen LogP contribution in [0.25, 0.3) is 0 Å². The molecule has 1 aliphatic rings. The van der Waals surface area contributed by atoms with Crippen molar-refractivity contribution in [2.75, 3.05) is 5.75 Å². The normalized spacial score (nSPS) is 15.0. The zero-order valence-electron chi connectivity index (χ0n) is 10.6. The standard InChI is InChI=1S/C14H12N4S2/c1-2-5-11(6-3-1)13-10-20-14(18-16-13)17-15-9-12-7-4-8-19-12/h1-9H,10H2,(H,17,18). The molecule has 0 fully saturated rings. The smallest absolute Gasteiger partial charge is 0.203 e. The van der Waals surface area contributed by atoms with Crippen molar-refractivity contribution in [3.8, 4) is 0 Å². The van der Waals surface area contributed by atoms with Gasteiger partial charge in [-0.15, -0.1) is 16.4 Å². The number of hydrogen-bond acceptors (Lipinski definition) is 6. The van der Waals surface area contributed by atoms with Crippen molar-refractivity contribution in [3.05, 3.63) is 58.3 Å². The second kappa shape index (κ2) is 6.49. The van der Waals surface area contributed by atoms with Crippen LogP contribution in [-0.2, 0) is 0 Å². The Bertz CT molecular complexity index is 645. The minimum atomic E-state index is 0.720. The van der Waals surface area contributed by atoms with Crippen LogP contribution in [0.3, 0.4) is 0 Å². The van der Waals surface area contributed by atoms with Gasteiger partial charge >= 0.3 is 0 Å². The van der Waals surface area contributed by atoms with Gasteiger partial charge in [-0.05, 0) is 17.0 Å². The minimum absolute atomic E-state index is 0.720. The number of benzene rings is 1. The second-order valence-corrected chi connectivity index (χ2v) is 5.94. The number of nitrogens with zero attached hydrogens (tertiary/aromatic N) is 3. The van der Waals surface area contributed by atoms with Gasteiger partial charge in [0.15, 0.2) is 0 Å². The molecule has 0 aliphatic carbocycles. The average molecular weight is 300 g/mol. The summed E-state index contributed by atoms with van der Waals surface area (Å²) in [5, 5.41) is 15.3. The van der Waals surface area contributed by atoms with Gasteiger partial charge in [-0.25, -0.2) is 0 Å². The molecule has 0 bridgehead atoms. The second-order valence-electron chi connectivity index (χ2n) is 3.99. The third kappa shape index (κ3) is 3.34. The molecule has 0 spiro atoms. The Balaban J connectivity index is 1.63. The first-order valence-corrected chi connectivity index (χ1v) is 7.94. The molecule has 2 heterocycles. The van der Waals surface area contributed by atoms with E-state index < -0.39 is 0 Å². The first-order chi connectivity index (χ1) is 9.92. The molecule has 1 N–H and O–H groups in total. The van der Waals surface area contributed by atoms with Crippen LogP contribution in [0, 0.1) is 0 Å². The van der Waals surface area contributed by atoms with E-state index in [0.29, 0.717) is 0 Å². The number of thioether (sulfide) groups is 1. The third-order valence-electron chi connectivity index (χ3n) is 2.61. The SMILES string of the molecule is C(=NNC1=NN=C(c2ccccc2)CS1)c1cccs1. The van der Waals surface area contributed by atoms with Crippen LogP contribution in [0.1, 0.15) is 10.4 Å². The van der Waals surface area contributed by atoms with Gasteiger partial charge in [-0.2, -0.15) is 10.2 Å². The summed E-state index contributed by atoms with van der Waals surface area (Å²) in [5.74, 6) is 0.796. The molecule has 1 aliphatic heterocycles. The lowest BCUT2D eigenvalue weighted by molar-refractivity contribution is 1.03. The van der Waals surface area contributed by atoms with Gasteiger partial charge in [0, 0.05) is 10.6 Å². The summed E-state index contributed by atoms with van der Waals surface area (Å²) in [6.45, 7) is 0. The lowest BCUT2D eigenvalue weighted by Crippen LogP contribution is -2.20. The molecule has 100 valence electrons. The number of thiophene rings is 1. The molecule has 20 heavy (non-hydrogen) atoms. The Kier molecular flexibility index (Phi) is 4.25. The first kappa shape index (κ1) is 13.1. The molecule has 0 unspecified atom stereocenters. The maximum Gasteiger partial charge on any atom is 0.203 e. The predicted octanol–water partition coefficient (Wildman–Crippen LogP) is 3.18. The van der Waals surface area contributed by atoms with Gasteiger partial charge < -0.3 is 0 Å². The number of amidine groups is 1. The van der Waals surface area contributed by atoms with Gasteiger partial charge in [0.05, 0.1) is 11.9 Å². The largest absolute Gasteiger partial charge is 0.254 e. The van der Waals surface area contributed by atoms with Gasteiger partial charge in [-0.1, -0.05) is 48.2 Å². The maximum atomic E-state index is 4.25. The summed E-state index contributed by atoms with van der Waals surface area (Å²) in [6.07, 6.45) is 1.78. The summed E-state index contributed by atoms with van der Waals surface area (Å²) < 4.78 is 0. The molecular weight excluding hydrogens is 288 g/mol. The maximum absolute atomic E-state index is 4.25. The van der Waals surface area contributed by atoms with Crippen LogP contribution in [-0.4, -0.2) is 22.8 Å². The summed E-state index contributed by atoms with van der Waals surface area (Å²) >= 11 is 3.24. The fourth-order valence-corrected chi connectivity index (χ4v) is 2.94. The van der Waals surface area contributed by atoms with E-state index in [1.54, 1.807) is 29.3 Å². The number of rotatable bonds is 3. The molecule has 4 nitrogen and oxygen atoms in total. The Morgan fingerprint density at radius 2 is 2.00 bits per heavy atom. The van der Waals surface area contributed by atoms with E-state index in [1.807, 2.05) is 47.8 Å². The molecule has 0 amide bonds. The molecule has 0 saturated heterocycles. The van der Waals surface area contributed by atoms with Crippen LogP contribution in [0.15, 0.2) is 63.1 Å². The highest BCUT2D eigenvalue weighted by atomic mass is 32.2. The molecule has 6 heteroatoms. The molecule has 0 radical (unpaired) electrons. The topological polar surface area (TPSA) is 49.1 Å². The summed E-state index contributed by atoms with van der Waals surface area (Å²) in [4.78, 5) is 1.10. The molecular formula is C14H12N4S2. The third-order valence-corrected chi connectivity index (χ3v) is 4.28. The van der Waals surface area contributed by atoms with Crippen molar-refractivity contribution in [1.82, 2.24) is 5.43 Å². The van der Waals surface area contributed by atoms with E-state index in [2.05, 4.69) is 20.7 Å². The van der Waals surface area contributed by atoms with Crippen molar-refractivity contribution in [2.24, 2.45) is 15.3 Å². The van der Waals surface area contributed by atoms with Gasteiger partial charge in [0.25, 0.3) is 0 Å². The lowest BCUT2D eigenvalue weighted by atomic mass is 10.1. The quantitative estimate of drug-likeness (QED) is 0.699. The van der Waals surface area contributed by atoms with Crippen molar-refractivity contribution >= 4 is 40.2 Å². The summed E-state index contributed by atoms with van der Waals surface area (Å²) in [6, 6.07) is 14.1. The first-order valence-electron chi connectivity index (χ1n) is 6.07. The van der Waals surface area contributed by atoms with Crippen LogP contribution < -0.4 is 5.43 Å². The van der Waals surface area contributed by atoms with Crippen LogP contribution in [0.2, 0.25) is 0 Å². The Morgan fingerprint density at radius 3 is 2.70 bits per heavy atom. The van der Waals surface area contributed by atoms with Crippen LogP contribution in [0.5, 0.6) is 0 Å². The number of hydrazone groups is 1. The van der Waals surface area contributed by atoms with E-state index in [9.17, 15) is 0 Å². The fourth-order valence-electron chi connectivity index (χ4n) is 1.64. The highest BCUT2D eigenvalue weighted by molar-refractivity contribution is 8.14. The van der Waals surface area contributed by atoms with E-state index in [-0.39, 0.29) is 0 Å². The zero-order valence-corrected chi connectivity index (χ0v) is 12.2. The fraction of sp³-hybridized carbons (Fsp3) is 0.0714.